The molecule has 1 aromatic heterocycles. The summed E-state index contributed by atoms with van der Waals surface area (Å²) < 4.78 is 27.3. The number of nitrogens with zero attached hydrogens (tertiary/aromatic N) is 3. The molecular weight excluding hydrogens is 587 g/mol. The molecule has 43 heavy (non-hydrogen) atoms. The van der Waals surface area contributed by atoms with Crippen molar-refractivity contribution in [2.75, 3.05) is 24.2 Å². The van der Waals surface area contributed by atoms with Gasteiger partial charge in [-0.1, -0.05) is 43.9 Å². The first-order valence-electron chi connectivity index (χ1n) is 14.6. The SMILES string of the molecule is C[Si](C)(C)CCS(=O)(=O)n1ccc2cc(CC(NC(=O)N3CCC(N4Cc5ccccc5NC4=O)CC3)C(=O)O)ccc21. The Bertz CT molecular complexity index is 1640. The number of anilines is 1. The van der Waals surface area contributed by atoms with E-state index in [1.54, 1.807) is 40.3 Å². The van der Waals surface area contributed by atoms with Gasteiger partial charge in [-0.25, -0.2) is 26.8 Å². The molecule has 3 aromatic rings. The summed E-state index contributed by atoms with van der Waals surface area (Å²) in [5.41, 5.74) is 3.08. The quantitative estimate of drug-likeness (QED) is 0.302. The summed E-state index contributed by atoms with van der Waals surface area (Å²) in [5, 5.41) is 16.2. The van der Waals surface area contributed by atoms with Crippen LogP contribution in [0.15, 0.2) is 54.7 Å². The molecule has 1 unspecified atom stereocenters. The first-order chi connectivity index (χ1) is 20.3. The number of aliphatic carboxylic acids is 1. The predicted molar refractivity (Wildman–Crippen MR) is 169 cm³/mol. The van der Waals surface area contributed by atoms with E-state index in [1.807, 2.05) is 24.3 Å². The summed E-state index contributed by atoms with van der Waals surface area (Å²) in [6, 6.07) is 13.5. The van der Waals surface area contributed by atoms with Crippen molar-refractivity contribution in [1.29, 1.82) is 0 Å². The number of para-hydroxylation sites is 1. The summed E-state index contributed by atoms with van der Waals surface area (Å²) in [6.07, 6.45) is 2.78. The van der Waals surface area contributed by atoms with Crippen LogP contribution in [0.4, 0.5) is 15.3 Å². The molecule has 0 saturated carbocycles. The summed E-state index contributed by atoms with van der Waals surface area (Å²) in [7, 11) is -5.05. The van der Waals surface area contributed by atoms with Gasteiger partial charge in [-0.3, -0.25) is 0 Å². The Morgan fingerprint density at radius 3 is 2.51 bits per heavy atom. The number of aromatic nitrogens is 1. The summed E-state index contributed by atoms with van der Waals surface area (Å²) in [6.45, 7) is 7.73. The molecule has 230 valence electrons. The molecular formula is C30H39N5O6SSi. The number of carboxylic acid groups (broad SMARTS) is 1. The maximum absolute atomic E-state index is 13.1. The van der Waals surface area contributed by atoms with Crippen molar-refractivity contribution in [3.63, 3.8) is 0 Å². The van der Waals surface area contributed by atoms with E-state index in [4.69, 9.17) is 0 Å². The number of rotatable bonds is 9. The van der Waals surface area contributed by atoms with Crippen molar-refractivity contribution < 1.29 is 27.9 Å². The lowest BCUT2D eigenvalue weighted by molar-refractivity contribution is -0.139. The van der Waals surface area contributed by atoms with Gasteiger partial charge in [0.05, 0.1) is 11.3 Å². The highest BCUT2D eigenvalue weighted by molar-refractivity contribution is 7.90. The van der Waals surface area contributed by atoms with Gasteiger partial charge < -0.3 is 25.5 Å². The Hall–Kier alpha value is -3.84. The number of nitrogens with one attached hydrogen (secondary N) is 2. The number of amides is 4. The highest BCUT2D eigenvalue weighted by Crippen LogP contribution is 2.28. The van der Waals surface area contributed by atoms with E-state index in [2.05, 4.69) is 30.3 Å². The van der Waals surface area contributed by atoms with Crippen LogP contribution in [0.2, 0.25) is 25.7 Å². The molecule has 2 aliphatic rings. The van der Waals surface area contributed by atoms with Gasteiger partial charge >= 0.3 is 18.0 Å². The van der Waals surface area contributed by atoms with Crippen LogP contribution in [-0.2, 0) is 27.8 Å². The molecule has 4 amide bonds. The van der Waals surface area contributed by atoms with Crippen LogP contribution in [0.1, 0.15) is 24.0 Å². The van der Waals surface area contributed by atoms with Gasteiger partial charge in [-0.15, -0.1) is 0 Å². The number of hydrogen-bond acceptors (Lipinski definition) is 5. The summed E-state index contributed by atoms with van der Waals surface area (Å²) >= 11 is 0. The zero-order valence-corrected chi connectivity index (χ0v) is 26.6. The van der Waals surface area contributed by atoms with E-state index in [0.717, 1.165) is 11.3 Å². The van der Waals surface area contributed by atoms with Crippen LogP contribution >= 0.6 is 0 Å². The van der Waals surface area contributed by atoms with Crippen LogP contribution in [0.5, 0.6) is 0 Å². The smallest absolute Gasteiger partial charge is 0.326 e. The lowest BCUT2D eigenvalue weighted by atomic mass is 10.0. The number of carbonyl (C=O) groups is 3. The second-order valence-electron chi connectivity index (χ2n) is 12.6. The second-order valence-corrected chi connectivity index (χ2v) is 20.2. The average Bonchev–Trinajstić information content (AvgIpc) is 3.39. The molecule has 2 aromatic carbocycles. The van der Waals surface area contributed by atoms with Gasteiger partial charge in [0.1, 0.15) is 6.04 Å². The van der Waals surface area contributed by atoms with Gasteiger partial charge in [-0.05, 0) is 54.3 Å². The number of carbonyl (C=O) groups excluding carboxylic acids is 2. The number of hydrogen-bond donors (Lipinski definition) is 3. The normalized spacial score (nSPS) is 17.0. The Morgan fingerprint density at radius 1 is 1.09 bits per heavy atom. The minimum absolute atomic E-state index is 0.0222. The van der Waals surface area contributed by atoms with Crippen molar-refractivity contribution in [3.8, 4) is 0 Å². The third-order valence-electron chi connectivity index (χ3n) is 8.22. The van der Waals surface area contributed by atoms with Gasteiger partial charge in [0.15, 0.2) is 0 Å². The first kappa shape index (κ1) is 30.6. The van der Waals surface area contributed by atoms with E-state index in [1.165, 1.54) is 3.97 Å². The number of likely N-dealkylation sites (tertiary alicyclic amines) is 1. The fourth-order valence-electron chi connectivity index (χ4n) is 5.64. The predicted octanol–water partition coefficient (Wildman–Crippen LogP) is 4.37. The van der Waals surface area contributed by atoms with Crippen LogP contribution in [0.3, 0.4) is 0 Å². The lowest BCUT2D eigenvalue weighted by Gasteiger charge is -2.40. The molecule has 11 nitrogen and oxygen atoms in total. The number of benzene rings is 2. The summed E-state index contributed by atoms with van der Waals surface area (Å²) in [4.78, 5) is 41.3. The molecule has 0 radical (unpaired) electrons. The molecule has 3 N–H and O–H groups in total. The Balaban J connectivity index is 1.19. The van der Waals surface area contributed by atoms with Crippen LogP contribution in [0.25, 0.3) is 10.9 Å². The zero-order chi connectivity index (χ0) is 30.9. The molecule has 2 aliphatic heterocycles. The van der Waals surface area contributed by atoms with Gasteiger partial charge in [0, 0.05) is 57.4 Å². The minimum Gasteiger partial charge on any atom is -0.480 e. The Morgan fingerprint density at radius 2 is 1.81 bits per heavy atom. The average molecular weight is 626 g/mol. The number of piperidine rings is 1. The third-order valence-corrected chi connectivity index (χ3v) is 12.0. The Kier molecular flexibility index (Phi) is 8.57. The molecule has 0 aliphatic carbocycles. The van der Waals surface area contributed by atoms with Crippen molar-refractivity contribution in [2.24, 2.45) is 0 Å². The van der Waals surface area contributed by atoms with Crippen molar-refractivity contribution >= 4 is 52.7 Å². The van der Waals surface area contributed by atoms with Gasteiger partial charge in [0.2, 0.25) is 10.0 Å². The fraction of sp³-hybridized carbons (Fsp3) is 0.433. The molecule has 0 bridgehead atoms. The zero-order valence-electron chi connectivity index (χ0n) is 24.7. The van der Waals surface area contributed by atoms with Gasteiger partial charge in [-0.2, -0.15) is 0 Å². The van der Waals surface area contributed by atoms with E-state index >= 15 is 0 Å². The first-order valence-corrected chi connectivity index (χ1v) is 19.9. The molecule has 1 atom stereocenters. The molecule has 5 rings (SSSR count). The fourth-order valence-corrected chi connectivity index (χ4v) is 10.0. The van der Waals surface area contributed by atoms with Crippen molar-refractivity contribution in [3.05, 3.63) is 65.9 Å². The molecule has 1 fully saturated rings. The highest BCUT2D eigenvalue weighted by Gasteiger charge is 2.33. The van der Waals surface area contributed by atoms with Crippen LogP contribution < -0.4 is 10.6 Å². The molecule has 1 saturated heterocycles. The maximum Gasteiger partial charge on any atom is 0.326 e. The molecule has 3 heterocycles. The van der Waals surface area contributed by atoms with Crippen LogP contribution in [-0.4, -0.2) is 84.3 Å². The minimum atomic E-state index is -3.51. The second kappa shape index (κ2) is 12.0. The van der Waals surface area contributed by atoms with Crippen LogP contribution in [0, 0.1) is 0 Å². The summed E-state index contributed by atoms with van der Waals surface area (Å²) in [5.74, 6) is -1.07. The van der Waals surface area contributed by atoms with Crippen molar-refractivity contribution in [1.82, 2.24) is 19.1 Å². The molecule has 0 spiro atoms. The third kappa shape index (κ3) is 7.04. The number of fused-ring (bicyclic) bond motifs is 2. The highest BCUT2D eigenvalue weighted by atomic mass is 32.2. The largest absolute Gasteiger partial charge is 0.480 e. The molecule has 13 heteroatoms. The van der Waals surface area contributed by atoms with E-state index in [9.17, 15) is 27.9 Å². The maximum atomic E-state index is 13.1. The van der Waals surface area contributed by atoms with E-state index < -0.39 is 36.1 Å². The van der Waals surface area contributed by atoms with E-state index in [-0.39, 0.29) is 24.2 Å². The topological polar surface area (TPSA) is 141 Å². The lowest BCUT2D eigenvalue weighted by Crippen LogP contribution is -2.54. The van der Waals surface area contributed by atoms with Crippen molar-refractivity contribution in [2.45, 2.75) is 63.6 Å². The van der Waals surface area contributed by atoms with Gasteiger partial charge in [0.25, 0.3) is 0 Å². The van der Waals surface area contributed by atoms with E-state index in [0.29, 0.717) is 55.0 Å². The number of urea groups is 2. The monoisotopic (exact) mass is 625 g/mol. The Labute approximate surface area is 252 Å². The standard InChI is InChI=1S/C30H39N5O6SSi/c1-43(2,3)17-16-42(40,41)35-15-10-22-18-21(8-9-27(22)35)19-26(28(36)37)32-29(38)33-13-11-24(12-14-33)34-20-23-6-4-5-7-25(23)31-30(34)39/h4-10,15,18,24,26H,11-14,16-17,19-20H2,1-3H3,(H,31,39)(H,32,38)(H,36,37). The number of carboxylic acids is 1.